The quantitative estimate of drug-likeness (QED) is 0.201. The zero-order valence-electron chi connectivity index (χ0n) is 9.78. The van der Waals surface area contributed by atoms with Gasteiger partial charge in [-0.25, -0.2) is 4.79 Å². The van der Waals surface area contributed by atoms with Gasteiger partial charge in [0.2, 0.25) is 0 Å². The average molecular weight is 230 g/mol. The molecule has 0 rings (SSSR count). The summed E-state index contributed by atoms with van der Waals surface area (Å²) in [6.07, 6.45) is 1.37. The van der Waals surface area contributed by atoms with E-state index in [0.29, 0.717) is 26.2 Å². The summed E-state index contributed by atoms with van der Waals surface area (Å²) < 4.78 is 19.4. The Balaban J connectivity index is 3.14. The normalized spacial score (nSPS) is 9.38. The molecule has 0 bridgehead atoms. The molecular formula is C11H18O5. The molecule has 5 nitrogen and oxygen atoms in total. The van der Waals surface area contributed by atoms with E-state index < -0.39 is 5.97 Å². The monoisotopic (exact) mass is 230 g/mol. The first-order chi connectivity index (χ1) is 7.81. The molecule has 0 radical (unpaired) electrons. The summed E-state index contributed by atoms with van der Waals surface area (Å²) >= 11 is 0. The average Bonchev–Trinajstić information content (AvgIpc) is 2.31. The highest BCUT2D eigenvalue weighted by molar-refractivity contribution is 5.88. The minimum atomic E-state index is -0.510. The maximum atomic E-state index is 10.6. The van der Waals surface area contributed by atoms with Crippen LogP contribution in [0, 0.1) is 11.8 Å². The van der Waals surface area contributed by atoms with Gasteiger partial charge < -0.3 is 18.9 Å². The Kier molecular flexibility index (Phi) is 11.2. The smallest absolute Gasteiger partial charge is 0.384 e. The Bertz CT molecular complexity index is 228. The van der Waals surface area contributed by atoms with Gasteiger partial charge >= 0.3 is 5.97 Å². The number of rotatable bonds is 8. The van der Waals surface area contributed by atoms with Crippen molar-refractivity contribution in [2.45, 2.75) is 12.8 Å². The van der Waals surface area contributed by atoms with Crippen molar-refractivity contribution in [1.29, 1.82) is 0 Å². The molecule has 5 heteroatoms. The number of hydrogen-bond donors (Lipinski definition) is 0. The van der Waals surface area contributed by atoms with Crippen molar-refractivity contribution in [1.82, 2.24) is 0 Å². The van der Waals surface area contributed by atoms with Crippen molar-refractivity contribution in [2.24, 2.45) is 0 Å². The highest BCUT2D eigenvalue weighted by Gasteiger charge is 1.90. The standard InChI is InChI=1S/C11H18O5/c1-13-8-9-16-10-15-7-5-3-4-6-11(12)14-2/h3,5,7-10H2,1-2H3. The number of esters is 1. The van der Waals surface area contributed by atoms with Gasteiger partial charge in [-0.2, -0.15) is 0 Å². The van der Waals surface area contributed by atoms with Gasteiger partial charge in [-0.3, -0.25) is 0 Å². The fourth-order valence-corrected chi connectivity index (χ4v) is 0.767. The van der Waals surface area contributed by atoms with E-state index in [0.717, 1.165) is 6.42 Å². The van der Waals surface area contributed by atoms with Gasteiger partial charge in [0.1, 0.15) is 6.79 Å². The molecule has 0 unspecified atom stereocenters. The molecule has 0 fully saturated rings. The lowest BCUT2D eigenvalue weighted by Crippen LogP contribution is -2.06. The minimum Gasteiger partial charge on any atom is -0.459 e. The van der Waals surface area contributed by atoms with Gasteiger partial charge in [0.15, 0.2) is 0 Å². The Morgan fingerprint density at radius 1 is 1.12 bits per heavy atom. The molecule has 0 N–H and O–H groups in total. The summed E-state index contributed by atoms with van der Waals surface area (Å²) in [5, 5.41) is 0. The number of carbonyl (C=O) groups is 1. The van der Waals surface area contributed by atoms with Gasteiger partial charge in [-0.05, 0) is 6.42 Å². The van der Waals surface area contributed by atoms with Crippen LogP contribution in [0.3, 0.4) is 0 Å². The highest BCUT2D eigenvalue weighted by Crippen LogP contribution is 1.89. The van der Waals surface area contributed by atoms with E-state index in [2.05, 4.69) is 16.6 Å². The van der Waals surface area contributed by atoms with Crippen molar-refractivity contribution in [3.05, 3.63) is 0 Å². The lowest BCUT2D eigenvalue weighted by atomic mass is 10.3. The maximum Gasteiger partial charge on any atom is 0.384 e. The summed E-state index contributed by atoms with van der Waals surface area (Å²) in [5.74, 6) is 4.51. The van der Waals surface area contributed by atoms with E-state index in [-0.39, 0.29) is 6.79 Å². The zero-order valence-corrected chi connectivity index (χ0v) is 9.78. The molecule has 0 aliphatic carbocycles. The molecule has 0 aromatic carbocycles. The Labute approximate surface area is 96.0 Å². The second kappa shape index (κ2) is 12.0. The maximum absolute atomic E-state index is 10.6. The van der Waals surface area contributed by atoms with Gasteiger partial charge in [0.05, 0.1) is 26.9 Å². The third-order valence-corrected chi connectivity index (χ3v) is 1.56. The van der Waals surface area contributed by atoms with Crippen LogP contribution in [0.2, 0.25) is 0 Å². The second-order valence-electron chi connectivity index (χ2n) is 2.82. The molecule has 0 amide bonds. The first-order valence-corrected chi connectivity index (χ1v) is 5.02. The lowest BCUT2D eigenvalue weighted by Gasteiger charge is -2.03. The third-order valence-electron chi connectivity index (χ3n) is 1.56. The van der Waals surface area contributed by atoms with Crippen LogP contribution in [0.15, 0.2) is 0 Å². The highest BCUT2D eigenvalue weighted by atomic mass is 16.7. The van der Waals surface area contributed by atoms with Crippen molar-refractivity contribution < 1.29 is 23.7 Å². The molecule has 92 valence electrons. The summed E-state index contributed by atoms with van der Waals surface area (Å²) in [4.78, 5) is 10.6. The predicted molar refractivity (Wildman–Crippen MR) is 57.7 cm³/mol. The summed E-state index contributed by atoms with van der Waals surface area (Å²) in [5.41, 5.74) is 0. The van der Waals surface area contributed by atoms with E-state index in [1.165, 1.54) is 7.11 Å². The second-order valence-corrected chi connectivity index (χ2v) is 2.82. The van der Waals surface area contributed by atoms with Gasteiger partial charge in [-0.15, -0.1) is 0 Å². The van der Waals surface area contributed by atoms with Gasteiger partial charge in [-0.1, -0.05) is 5.92 Å². The van der Waals surface area contributed by atoms with E-state index in [9.17, 15) is 4.79 Å². The number of ether oxygens (including phenoxy) is 4. The fraction of sp³-hybridized carbons (Fsp3) is 0.727. The molecule has 0 aliphatic heterocycles. The van der Waals surface area contributed by atoms with E-state index in [1.54, 1.807) is 7.11 Å². The van der Waals surface area contributed by atoms with Crippen molar-refractivity contribution >= 4 is 5.97 Å². The molecule has 0 saturated heterocycles. The van der Waals surface area contributed by atoms with Crippen LogP contribution in [0.1, 0.15) is 12.8 Å². The molecule has 0 heterocycles. The number of methoxy groups -OCH3 is 2. The van der Waals surface area contributed by atoms with Gasteiger partial charge in [0, 0.05) is 19.5 Å². The van der Waals surface area contributed by atoms with Crippen LogP contribution in [0.25, 0.3) is 0 Å². The summed E-state index contributed by atoms with van der Waals surface area (Å²) in [7, 11) is 2.92. The number of hydrogen-bond acceptors (Lipinski definition) is 5. The number of carbonyl (C=O) groups excluding carboxylic acids is 1. The number of unbranched alkanes of at least 4 members (excludes halogenated alkanes) is 1. The third kappa shape index (κ3) is 11.0. The lowest BCUT2D eigenvalue weighted by molar-refractivity contribution is -0.133. The topological polar surface area (TPSA) is 54.0 Å². The van der Waals surface area contributed by atoms with Crippen LogP contribution >= 0.6 is 0 Å². The first kappa shape index (κ1) is 14.9. The van der Waals surface area contributed by atoms with Gasteiger partial charge in [0.25, 0.3) is 0 Å². The van der Waals surface area contributed by atoms with Crippen molar-refractivity contribution in [3.63, 3.8) is 0 Å². The summed E-state index contributed by atoms with van der Waals surface area (Å²) in [6, 6.07) is 0. The van der Waals surface area contributed by atoms with Crippen LogP contribution in [0.5, 0.6) is 0 Å². The van der Waals surface area contributed by atoms with Crippen molar-refractivity contribution in [2.75, 3.05) is 40.8 Å². The Morgan fingerprint density at radius 2 is 1.88 bits per heavy atom. The van der Waals surface area contributed by atoms with Crippen molar-refractivity contribution in [3.8, 4) is 11.8 Å². The Morgan fingerprint density at radius 3 is 2.56 bits per heavy atom. The summed E-state index contributed by atoms with van der Waals surface area (Å²) in [6.45, 7) is 1.91. The molecule has 0 spiro atoms. The molecule has 0 aliphatic rings. The van der Waals surface area contributed by atoms with Crippen LogP contribution < -0.4 is 0 Å². The molecular weight excluding hydrogens is 212 g/mol. The van der Waals surface area contributed by atoms with E-state index in [4.69, 9.17) is 14.2 Å². The Hall–Kier alpha value is -1.09. The largest absolute Gasteiger partial charge is 0.459 e. The predicted octanol–water partition coefficient (Wildman–Crippen LogP) is 0.580. The SMILES string of the molecule is COCCOCOCCCC#CC(=O)OC. The van der Waals surface area contributed by atoms with Crippen LogP contribution in [-0.4, -0.2) is 46.8 Å². The molecule has 0 saturated carbocycles. The zero-order chi connectivity index (χ0) is 12.1. The fourth-order valence-electron chi connectivity index (χ4n) is 0.767. The van der Waals surface area contributed by atoms with Crippen LogP contribution in [-0.2, 0) is 23.7 Å². The van der Waals surface area contributed by atoms with E-state index >= 15 is 0 Å². The van der Waals surface area contributed by atoms with E-state index in [1.807, 2.05) is 0 Å². The minimum absolute atomic E-state index is 0.258. The first-order valence-electron chi connectivity index (χ1n) is 5.02. The molecule has 0 atom stereocenters. The molecule has 16 heavy (non-hydrogen) atoms. The molecule has 0 aromatic rings. The van der Waals surface area contributed by atoms with Crippen LogP contribution in [0.4, 0.5) is 0 Å². The molecule has 0 aromatic heterocycles.